The molecule has 2 saturated heterocycles. The van der Waals surface area contributed by atoms with Crippen molar-refractivity contribution in [1.82, 2.24) is 30.1 Å². The van der Waals surface area contributed by atoms with E-state index in [0.29, 0.717) is 15.9 Å². The number of benzene rings is 1. The molecule has 2 aromatic rings. The van der Waals surface area contributed by atoms with Gasteiger partial charge in [0.25, 0.3) is 5.91 Å². The molecular formula is C29H39BrN8O. The SMILES string of the molecule is CN1CCCC(CN2CCN(Cc3ccc(C(=O)NN(c4nc(C#N)ncc4Br)C4CCCC4)cc3)CC2)C1. The van der Waals surface area contributed by atoms with Gasteiger partial charge in [0, 0.05) is 57.6 Å². The fourth-order valence-electron chi connectivity index (χ4n) is 6.17. The number of hydrogen-bond acceptors (Lipinski definition) is 8. The highest BCUT2D eigenvalue weighted by atomic mass is 79.9. The van der Waals surface area contributed by atoms with Crippen molar-refractivity contribution >= 4 is 27.7 Å². The van der Waals surface area contributed by atoms with Crippen LogP contribution in [0.1, 0.15) is 60.3 Å². The van der Waals surface area contributed by atoms with Crippen LogP contribution < -0.4 is 10.4 Å². The second-order valence-corrected chi connectivity index (χ2v) is 12.1. The lowest BCUT2D eigenvalue weighted by Crippen LogP contribution is -2.49. The molecule has 10 heteroatoms. The molecule has 39 heavy (non-hydrogen) atoms. The van der Waals surface area contributed by atoms with Crippen LogP contribution in [0.3, 0.4) is 0 Å². The fraction of sp³-hybridized carbons (Fsp3) is 0.586. The number of piperidine rings is 1. The lowest BCUT2D eigenvalue weighted by Gasteiger charge is -2.38. The fourth-order valence-corrected chi connectivity index (χ4v) is 6.55. The van der Waals surface area contributed by atoms with Crippen LogP contribution in [0, 0.1) is 17.2 Å². The van der Waals surface area contributed by atoms with E-state index in [2.05, 4.69) is 65.2 Å². The van der Waals surface area contributed by atoms with Gasteiger partial charge in [-0.1, -0.05) is 25.0 Å². The number of aromatic nitrogens is 2. The number of rotatable bonds is 8. The molecule has 3 aliphatic rings. The van der Waals surface area contributed by atoms with Crippen LogP contribution in [0.5, 0.6) is 0 Å². The molecule has 208 valence electrons. The summed E-state index contributed by atoms with van der Waals surface area (Å²) in [6.07, 6.45) is 8.38. The van der Waals surface area contributed by atoms with Crippen LogP contribution >= 0.6 is 15.9 Å². The van der Waals surface area contributed by atoms with Gasteiger partial charge < -0.3 is 9.80 Å². The van der Waals surface area contributed by atoms with Gasteiger partial charge in [-0.05, 0) is 78.8 Å². The van der Waals surface area contributed by atoms with E-state index in [0.717, 1.165) is 64.3 Å². The van der Waals surface area contributed by atoms with Gasteiger partial charge in [0.2, 0.25) is 5.82 Å². The Morgan fingerprint density at radius 3 is 2.49 bits per heavy atom. The number of anilines is 1. The number of carbonyl (C=O) groups is 1. The van der Waals surface area contributed by atoms with Crippen molar-refractivity contribution in [3.8, 4) is 6.07 Å². The van der Waals surface area contributed by atoms with E-state index < -0.39 is 0 Å². The summed E-state index contributed by atoms with van der Waals surface area (Å²) in [6.45, 7) is 9.03. The van der Waals surface area contributed by atoms with Crippen molar-refractivity contribution in [3.63, 3.8) is 0 Å². The predicted octanol–water partition coefficient (Wildman–Crippen LogP) is 3.66. The van der Waals surface area contributed by atoms with Gasteiger partial charge in [0.05, 0.1) is 10.5 Å². The first kappa shape index (κ1) is 28.0. The summed E-state index contributed by atoms with van der Waals surface area (Å²) in [7, 11) is 2.24. The molecule has 5 rings (SSSR count). The number of carbonyl (C=O) groups excluding carboxylic acids is 1. The van der Waals surface area contributed by atoms with Crippen LogP contribution in [0.25, 0.3) is 0 Å². The Hall–Kier alpha value is -2.58. The Balaban J connectivity index is 1.16. The van der Waals surface area contributed by atoms with Crippen molar-refractivity contribution in [1.29, 1.82) is 5.26 Å². The highest BCUT2D eigenvalue weighted by molar-refractivity contribution is 9.10. The summed E-state index contributed by atoms with van der Waals surface area (Å²) in [5.74, 6) is 1.23. The zero-order valence-corrected chi connectivity index (χ0v) is 24.4. The number of nitriles is 1. The van der Waals surface area contributed by atoms with Crippen molar-refractivity contribution in [2.24, 2.45) is 5.92 Å². The Kier molecular flexibility index (Phi) is 9.45. The average Bonchev–Trinajstić information content (AvgIpc) is 3.48. The maximum Gasteiger partial charge on any atom is 0.269 e. The van der Waals surface area contributed by atoms with E-state index >= 15 is 0 Å². The molecule has 2 aliphatic heterocycles. The Morgan fingerprint density at radius 1 is 1.08 bits per heavy atom. The molecule has 1 amide bonds. The minimum atomic E-state index is -0.181. The zero-order chi connectivity index (χ0) is 27.2. The lowest BCUT2D eigenvalue weighted by atomic mass is 9.97. The molecule has 1 saturated carbocycles. The van der Waals surface area contributed by atoms with E-state index in [-0.39, 0.29) is 17.8 Å². The molecule has 1 N–H and O–H groups in total. The molecule has 3 heterocycles. The summed E-state index contributed by atoms with van der Waals surface area (Å²) in [6, 6.07) is 10.1. The molecule has 1 aliphatic carbocycles. The second kappa shape index (κ2) is 13.2. The molecule has 1 atom stereocenters. The molecule has 0 radical (unpaired) electrons. The number of halogens is 1. The van der Waals surface area contributed by atoms with Crippen LogP contribution in [-0.4, -0.2) is 89.5 Å². The molecule has 9 nitrogen and oxygen atoms in total. The van der Waals surface area contributed by atoms with Crippen LogP contribution in [0.4, 0.5) is 5.82 Å². The van der Waals surface area contributed by atoms with Crippen LogP contribution in [0.15, 0.2) is 34.9 Å². The summed E-state index contributed by atoms with van der Waals surface area (Å²) in [4.78, 5) is 29.3. The Labute approximate surface area is 240 Å². The predicted molar refractivity (Wildman–Crippen MR) is 155 cm³/mol. The summed E-state index contributed by atoms with van der Waals surface area (Å²) in [5.41, 5.74) is 4.90. The van der Waals surface area contributed by atoms with Gasteiger partial charge in [-0.3, -0.25) is 20.1 Å². The standard InChI is InChI=1S/C29H39BrN8O/c1-35-12-4-5-23(19-35)21-37-15-13-36(14-16-37)20-22-8-10-24(11-9-22)29(39)34-38(25-6-2-3-7-25)28-26(30)18-32-27(17-31)33-28/h8-11,18,23,25H,2-7,12-16,19-21H2,1H3,(H,34,39). The number of hydrogen-bond donors (Lipinski definition) is 1. The minimum Gasteiger partial charge on any atom is -0.306 e. The summed E-state index contributed by atoms with van der Waals surface area (Å²) < 4.78 is 0.648. The number of amides is 1. The topological polar surface area (TPSA) is 91.6 Å². The number of nitrogens with zero attached hydrogens (tertiary/aromatic N) is 7. The first-order valence-electron chi connectivity index (χ1n) is 14.2. The largest absolute Gasteiger partial charge is 0.306 e. The molecule has 1 aromatic heterocycles. The number of piperazine rings is 1. The van der Waals surface area contributed by atoms with Gasteiger partial charge >= 0.3 is 0 Å². The first-order chi connectivity index (χ1) is 19.0. The second-order valence-electron chi connectivity index (χ2n) is 11.3. The van der Waals surface area contributed by atoms with Crippen molar-refractivity contribution in [2.75, 3.05) is 57.9 Å². The maximum atomic E-state index is 13.3. The van der Waals surface area contributed by atoms with Crippen molar-refractivity contribution < 1.29 is 4.79 Å². The van der Waals surface area contributed by atoms with E-state index in [1.807, 2.05) is 23.2 Å². The maximum absolute atomic E-state index is 13.3. The Bertz CT molecular complexity index is 1150. The molecule has 0 spiro atoms. The van der Waals surface area contributed by atoms with Gasteiger partial charge in [-0.2, -0.15) is 10.2 Å². The number of hydrazine groups is 1. The number of likely N-dealkylation sites (tertiary alicyclic amines) is 1. The van der Waals surface area contributed by atoms with Gasteiger partial charge in [0.1, 0.15) is 6.07 Å². The summed E-state index contributed by atoms with van der Waals surface area (Å²) in [5, 5.41) is 11.1. The molecule has 1 aromatic carbocycles. The smallest absolute Gasteiger partial charge is 0.269 e. The third-order valence-corrected chi connectivity index (χ3v) is 8.85. The van der Waals surface area contributed by atoms with E-state index in [9.17, 15) is 10.1 Å². The minimum absolute atomic E-state index is 0.0808. The average molecular weight is 596 g/mol. The molecule has 3 fully saturated rings. The number of nitrogens with one attached hydrogen (secondary N) is 1. The molecule has 0 bridgehead atoms. The van der Waals surface area contributed by atoms with Gasteiger partial charge in [0.15, 0.2) is 5.82 Å². The lowest BCUT2D eigenvalue weighted by molar-refractivity contribution is 0.0928. The van der Waals surface area contributed by atoms with Gasteiger partial charge in [-0.25, -0.2) is 4.98 Å². The third-order valence-electron chi connectivity index (χ3n) is 8.29. The van der Waals surface area contributed by atoms with E-state index in [4.69, 9.17) is 0 Å². The highest BCUT2D eigenvalue weighted by Crippen LogP contribution is 2.30. The zero-order valence-electron chi connectivity index (χ0n) is 22.9. The van der Waals surface area contributed by atoms with Crippen molar-refractivity contribution in [3.05, 3.63) is 51.9 Å². The quantitative estimate of drug-likeness (QED) is 0.463. The monoisotopic (exact) mass is 594 g/mol. The Morgan fingerprint density at radius 2 is 1.79 bits per heavy atom. The molecular weight excluding hydrogens is 556 g/mol. The first-order valence-corrected chi connectivity index (χ1v) is 15.0. The normalized spacial score (nSPS) is 21.5. The van der Waals surface area contributed by atoms with Gasteiger partial charge in [-0.15, -0.1) is 0 Å². The summed E-state index contributed by atoms with van der Waals surface area (Å²) >= 11 is 3.50. The van der Waals surface area contributed by atoms with E-state index in [1.54, 1.807) is 6.20 Å². The van der Waals surface area contributed by atoms with E-state index in [1.165, 1.54) is 38.0 Å². The highest BCUT2D eigenvalue weighted by Gasteiger charge is 2.28. The van der Waals surface area contributed by atoms with Crippen molar-refractivity contribution in [2.45, 2.75) is 51.1 Å². The van der Waals surface area contributed by atoms with Crippen LogP contribution in [0.2, 0.25) is 0 Å². The molecule has 1 unspecified atom stereocenters. The third kappa shape index (κ3) is 7.34. The van der Waals surface area contributed by atoms with Crippen LogP contribution in [-0.2, 0) is 6.54 Å².